The van der Waals surface area contributed by atoms with E-state index in [1.54, 1.807) is 38.5 Å². The Balaban J connectivity index is 1.09. The molecule has 11 heteroatoms. The molecule has 0 radical (unpaired) electrons. The second-order valence-corrected chi connectivity index (χ2v) is 15.6. The molecule has 5 aromatic rings. The number of imide groups is 2. The lowest BCUT2D eigenvalue weighted by Crippen LogP contribution is -2.53. The molecule has 59 heavy (non-hydrogen) atoms. The van der Waals surface area contributed by atoms with E-state index in [2.05, 4.69) is 5.43 Å². The molecule has 4 amide bonds. The second-order valence-electron chi connectivity index (χ2n) is 15.6. The molecule has 11 nitrogen and oxygen atoms in total. The number of carbonyl (C=O) groups is 4. The first-order chi connectivity index (χ1) is 28.7. The number of amides is 4. The molecule has 4 aromatic carbocycles. The fraction of sp³-hybridized carbons (Fsp3) is 0.250. The molecular weight excluding hydrogens is 747 g/mol. The molecule has 2 aliphatic carbocycles. The van der Waals surface area contributed by atoms with Crippen molar-refractivity contribution in [3.8, 4) is 11.5 Å². The number of nitrogens with zero attached hydrogens (tertiary/aromatic N) is 2. The number of aliphatic hydroxyl groups excluding tert-OH is 1. The molecule has 2 aliphatic heterocycles. The van der Waals surface area contributed by atoms with Gasteiger partial charge in [-0.15, -0.1) is 0 Å². The number of aryl methyl sites for hydroxylation is 1. The van der Waals surface area contributed by atoms with Crippen molar-refractivity contribution in [2.75, 3.05) is 24.5 Å². The summed E-state index contributed by atoms with van der Waals surface area (Å²) in [6.07, 6.45) is 6.25. The third-order valence-electron chi connectivity index (χ3n) is 12.6. The first-order valence-electron chi connectivity index (χ1n) is 19.7. The van der Waals surface area contributed by atoms with Gasteiger partial charge < -0.3 is 19.0 Å². The number of anilines is 2. The first kappa shape index (κ1) is 37.8. The van der Waals surface area contributed by atoms with Crippen molar-refractivity contribution in [3.05, 3.63) is 155 Å². The fourth-order valence-electron chi connectivity index (χ4n) is 9.83. The summed E-state index contributed by atoms with van der Waals surface area (Å²) < 4.78 is 17.2. The third-order valence-corrected chi connectivity index (χ3v) is 12.6. The van der Waals surface area contributed by atoms with Crippen LogP contribution in [-0.2, 0) is 31.2 Å². The lowest BCUT2D eigenvalue weighted by molar-refractivity contribution is -0.138. The van der Waals surface area contributed by atoms with Gasteiger partial charge in [-0.25, -0.2) is 0 Å². The first-order valence-corrected chi connectivity index (χ1v) is 19.7. The summed E-state index contributed by atoms with van der Waals surface area (Å²) in [4.78, 5) is 60.4. The van der Waals surface area contributed by atoms with Crippen LogP contribution in [0.1, 0.15) is 52.5 Å². The quantitative estimate of drug-likeness (QED) is 0.0839. The van der Waals surface area contributed by atoms with Crippen molar-refractivity contribution in [3.63, 3.8) is 0 Å². The normalized spacial score (nSPS) is 24.9. The van der Waals surface area contributed by atoms with Crippen LogP contribution in [-0.4, -0.2) is 48.0 Å². The zero-order valence-corrected chi connectivity index (χ0v) is 32.8. The van der Waals surface area contributed by atoms with Crippen molar-refractivity contribution in [1.82, 2.24) is 5.01 Å². The molecule has 9 rings (SSSR count). The number of aliphatic hydroxyl groups is 1. The zero-order valence-electron chi connectivity index (χ0n) is 32.8. The molecule has 1 aromatic heterocycles. The molecule has 298 valence electrons. The van der Waals surface area contributed by atoms with Crippen LogP contribution in [0.15, 0.2) is 125 Å². The minimum atomic E-state index is -1.46. The van der Waals surface area contributed by atoms with E-state index in [1.165, 1.54) is 4.90 Å². The minimum Gasteiger partial charge on any atom is -0.497 e. The molecule has 0 unspecified atom stereocenters. The van der Waals surface area contributed by atoms with Crippen LogP contribution in [0.4, 0.5) is 11.4 Å². The van der Waals surface area contributed by atoms with Crippen LogP contribution in [0.3, 0.4) is 0 Å². The van der Waals surface area contributed by atoms with Crippen molar-refractivity contribution in [2.24, 2.45) is 23.7 Å². The van der Waals surface area contributed by atoms with Crippen LogP contribution in [0.25, 0.3) is 12.2 Å². The topological polar surface area (TPSA) is 139 Å². The summed E-state index contributed by atoms with van der Waals surface area (Å²) in [5.41, 5.74) is 6.79. The number of hydrazine groups is 1. The Bertz CT molecular complexity index is 2520. The highest BCUT2D eigenvalue weighted by Gasteiger charge is 2.71. The number of benzene rings is 4. The van der Waals surface area contributed by atoms with Gasteiger partial charge in [-0.3, -0.25) is 29.5 Å². The highest BCUT2D eigenvalue weighted by atomic mass is 16.5. The van der Waals surface area contributed by atoms with Crippen molar-refractivity contribution in [2.45, 2.75) is 37.7 Å². The van der Waals surface area contributed by atoms with E-state index >= 15 is 4.79 Å². The maximum absolute atomic E-state index is 15.3. The molecule has 0 bridgehead atoms. The van der Waals surface area contributed by atoms with Crippen LogP contribution < -0.4 is 19.8 Å². The Kier molecular flexibility index (Phi) is 9.55. The summed E-state index contributed by atoms with van der Waals surface area (Å²) in [6, 6.07) is 32.9. The average Bonchev–Trinajstić information content (AvgIpc) is 3.91. The smallest absolute Gasteiger partial charge is 0.260 e. The summed E-state index contributed by atoms with van der Waals surface area (Å²) in [6.45, 7) is 1.60. The number of hydrogen-bond donors (Lipinski definition) is 2. The fourth-order valence-corrected chi connectivity index (χ4v) is 9.83. The maximum atomic E-state index is 15.3. The van der Waals surface area contributed by atoms with Crippen LogP contribution in [0.2, 0.25) is 0 Å². The molecule has 0 spiro atoms. The summed E-state index contributed by atoms with van der Waals surface area (Å²) >= 11 is 0. The van der Waals surface area contributed by atoms with Gasteiger partial charge in [-0.05, 0) is 91.4 Å². The lowest BCUT2D eigenvalue weighted by Gasteiger charge is -2.49. The summed E-state index contributed by atoms with van der Waals surface area (Å²) in [5.74, 6) is -3.13. The number of furan rings is 1. The van der Waals surface area contributed by atoms with E-state index in [-0.39, 0.29) is 31.3 Å². The highest BCUT2D eigenvalue weighted by Crippen LogP contribution is 2.64. The van der Waals surface area contributed by atoms with Gasteiger partial charge in [0.1, 0.15) is 35.0 Å². The predicted octanol–water partition coefficient (Wildman–Crippen LogP) is 7.46. The van der Waals surface area contributed by atoms with E-state index < -0.39 is 46.8 Å². The minimum absolute atomic E-state index is 0.160. The predicted molar refractivity (Wildman–Crippen MR) is 221 cm³/mol. The van der Waals surface area contributed by atoms with Gasteiger partial charge in [-0.1, -0.05) is 84.0 Å². The number of ether oxygens (including phenoxy) is 2. The third kappa shape index (κ3) is 6.07. The lowest BCUT2D eigenvalue weighted by atomic mass is 9.50. The number of fused-ring (bicyclic) bond motifs is 4. The Morgan fingerprint density at radius 2 is 1.59 bits per heavy atom. The van der Waals surface area contributed by atoms with Gasteiger partial charge in [0.25, 0.3) is 11.8 Å². The van der Waals surface area contributed by atoms with Crippen LogP contribution in [0, 0.1) is 30.6 Å². The molecule has 3 heterocycles. The maximum Gasteiger partial charge on any atom is 0.260 e. The zero-order chi connectivity index (χ0) is 41.0. The highest BCUT2D eigenvalue weighted by molar-refractivity contribution is 6.22. The van der Waals surface area contributed by atoms with Gasteiger partial charge in [0.2, 0.25) is 11.8 Å². The molecule has 1 saturated carbocycles. The Hall–Kier alpha value is -6.72. The van der Waals surface area contributed by atoms with E-state index in [9.17, 15) is 19.5 Å². The standard InChI is InChI=1S/C48H43N3O8/c1-28-9-15-32(16-10-28)49-51-45(54)39-26-38-36(43(41-24-20-35(27-52)59-41)48(39,47(51)56)31-7-5-4-6-8-31)21-22-37-42(38)46(55)50(44(37)53)33-17-12-29(13-18-33)11-14-30-25-34(57-2)19-23-40(30)58-3/h4-21,23-25,37-39,42-43,49,52H,22,26-27H2,1-3H3/t37-,38+,39-,42-,43+,48+/m0/s1. The van der Waals surface area contributed by atoms with Gasteiger partial charge in [0.15, 0.2) is 0 Å². The van der Waals surface area contributed by atoms with Gasteiger partial charge in [0, 0.05) is 5.56 Å². The number of allylic oxidation sites excluding steroid dienone is 2. The number of nitrogens with one attached hydrogen (secondary N) is 1. The molecular formula is C48H43N3O8. The largest absolute Gasteiger partial charge is 0.497 e. The van der Waals surface area contributed by atoms with Crippen molar-refractivity contribution >= 4 is 47.2 Å². The Morgan fingerprint density at radius 3 is 2.29 bits per heavy atom. The van der Waals surface area contributed by atoms with Gasteiger partial charge >= 0.3 is 0 Å². The average molecular weight is 790 g/mol. The molecule has 4 aliphatic rings. The van der Waals surface area contributed by atoms with Crippen LogP contribution in [0.5, 0.6) is 11.5 Å². The monoisotopic (exact) mass is 789 g/mol. The molecule has 3 fully saturated rings. The molecule has 2 saturated heterocycles. The number of rotatable bonds is 10. The van der Waals surface area contributed by atoms with E-state index in [1.807, 2.05) is 110 Å². The number of hydrogen-bond acceptors (Lipinski definition) is 9. The van der Waals surface area contributed by atoms with Gasteiger partial charge in [-0.2, -0.15) is 5.01 Å². The summed E-state index contributed by atoms with van der Waals surface area (Å²) in [7, 11) is 3.21. The number of methoxy groups -OCH3 is 2. The van der Waals surface area contributed by atoms with Gasteiger partial charge in [0.05, 0.1) is 49.3 Å². The summed E-state index contributed by atoms with van der Waals surface area (Å²) in [5, 5.41) is 11.2. The van der Waals surface area contributed by atoms with E-state index in [4.69, 9.17) is 13.9 Å². The molecule has 6 atom stereocenters. The Labute approximate surface area is 341 Å². The van der Waals surface area contributed by atoms with Crippen molar-refractivity contribution < 1.29 is 38.2 Å². The van der Waals surface area contributed by atoms with Crippen molar-refractivity contribution in [1.29, 1.82) is 0 Å². The molecule has 2 N–H and O–H groups in total. The van der Waals surface area contributed by atoms with Crippen LogP contribution >= 0.6 is 0 Å². The SMILES string of the molecule is COc1ccc(OC)c(C=Cc2ccc(N3C(=O)[C@H]4[C@H](CC=C5[C@H]4C[C@H]4C(=O)N(Nc6ccc(C)cc6)C(=O)[C@@]4(c4ccccc4)[C@H]5c4ccc(CO)o4)C3=O)cc2)c1. The van der Waals surface area contributed by atoms with E-state index in [0.717, 1.165) is 27.3 Å². The second kappa shape index (κ2) is 14.9. The van der Waals surface area contributed by atoms with E-state index in [0.29, 0.717) is 40.0 Å². The number of carbonyl (C=O) groups excluding carboxylic acids is 4. The Morgan fingerprint density at radius 1 is 0.831 bits per heavy atom.